The maximum atomic E-state index is 12.7. The molecule has 1 aliphatic rings. The molecule has 13 heteroatoms. The molecule has 11 nitrogen and oxygen atoms in total. The molecule has 6 rings (SSSR count). The number of aromatic amines is 2. The zero-order chi connectivity index (χ0) is 28.6. The zero-order valence-electron chi connectivity index (χ0n) is 22.2. The van der Waals surface area contributed by atoms with E-state index in [1.165, 1.54) is 0 Å². The van der Waals surface area contributed by atoms with E-state index < -0.39 is 10.0 Å². The first-order valence-corrected chi connectivity index (χ1v) is 14.9. The fourth-order valence-electron chi connectivity index (χ4n) is 4.96. The molecule has 3 aromatic carbocycles. The second-order valence-corrected chi connectivity index (χ2v) is 11.7. The Balaban J connectivity index is 1.12. The van der Waals surface area contributed by atoms with Gasteiger partial charge in [-0.2, -0.15) is 0 Å². The van der Waals surface area contributed by atoms with E-state index in [2.05, 4.69) is 34.8 Å². The van der Waals surface area contributed by atoms with Crippen molar-refractivity contribution in [3.05, 3.63) is 72.8 Å². The first-order valence-electron chi connectivity index (χ1n) is 13.0. The quantitative estimate of drug-likeness (QED) is 0.219. The summed E-state index contributed by atoms with van der Waals surface area (Å²) in [5, 5.41) is 5.81. The van der Waals surface area contributed by atoms with E-state index in [4.69, 9.17) is 22.7 Å². The van der Waals surface area contributed by atoms with Crippen LogP contribution in [0.3, 0.4) is 0 Å². The number of thiocarbonyl (C=S) groups is 1. The smallest absolute Gasteiger partial charge is 0.344 e. The third kappa shape index (κ3) is 5.41. The van der Waals surface area contributed by atoms with Crippen molar-refractivity contribution in [2.75, 3.05) is 54.0 Å². The highest BCUT2D eigenvalue weighted by molar-refractivity contribution is 7.92. The topological polar surface area (TPSA) is 143 Å². The van der Waals surface area contributed by atoms with Gasteiger partial charge >= 0.3 is 5.95 Å². The summed E-state index contributed by atoms with van der Waals surface area (Å²) in [4.78, 5) is 15.6. The Hall–Kier alpha value is -4.62. The number of hydrogen-bond acceptors (Lipinski definition) is 7. The summed E-state index contributed by atoms with van der Waals surface area (Å²) in [5.41, 5.74) is 8.98. The molecule has 1 saturated heterocycles. The summed E-state index contributed by atoms with van der Waals surface area (Å²) in [6.07, 6.45) is 0. The summed E-state index contributed by atoms with van der Waals surface area (Å²) in [6.45, 7) is 2.80. The second-order valence-electron chi connectivity index (χ2n) is 9.63. The maximum Gasteiger partial charge on any atom is 0.344 e. The SMILES string of the molecule is COc1ccc2c(c1)[nH]c1nc(N)[nH+]c(N3CCN(C(=S)Nc4ccc(S(=O)(=O)Nc5ccccc5)cc4)CC3)c12. The molecule has 0 saturated carbocycles. The molecule has 0 aliphatic carbocycles. The van der Waals surface area contributed by atoms with Crippen LogP contribution in [0.2, 0.25) is 0 Å². The summed E-state index contributed by atoms with van der Waals surface area (Å²) >= 11 is 5.69. The van der Waals surface area contributed by atoms with Gasteiger partial charge < -0.3 is 30.6 Å². The Bertz CT molecular complexity index is 1840. The lowest BCUT2D eigenvalue weighted by Gasteiger charge is -2.35. The van der Waals surface area contributed by atoms with E-state index in [0.29, 0.717) is 54.3 Å². The monoisotopic (exact) mass is 589 g/mol. The molecular weight excluding hydrogens is 560 g/mol. The summed E-state index contributed by atoms with van der Waals surface area (Å²) in [5.74, 6) is 2.00. The molecule has 0 unspecified atom stereocenters. The molecule has 0 amide bonds. The van der Waals surface area contributed by atoms with Crippen LogP contribution in [0.5, 0.6) is 5.75 Å². The Kier molecular flexibility index (Phi) is 6.97. The molecule has 2 aromatic heterocycles. The number of nitrogens with one attached hydrogen (secondary N) is 4. The van der Waals surface area contributed by atoms with Gasteiger partial charge in [0, 0.05) is 35.9 Å². The number of rotatable bonds is 6. The fraction of sp³-hybridized carbons (Fsp3) is 0.179. The number of fused-ring (bicyclic) bond motifs is 3. The number of nitrogens with two attached hydrogens (primary N) is 1. The second kappa shape index (κ2) is 10.7. The predicted molar refractivity (Wildman–Crippen MR) is 165 cm³/mol. The Morgan fingerprint density at radius 1 is 1.02 bits per heavy atom. The van der Waals surface area contributed by atoms with Gasteiger partial charge in [0.05, 0.1) is 30.6 Å². The van der Waals surface area contributed by atoms with Crippen molar-refractivity contribution >= 4 is 72.4 Å². The van der Waals surface area contributed by atoms with Crippen LogP contribution in [0.15, 0.2) is 77.7 Å². The Morgan fingerprint density at radius 3 is 2.46 bits per heavy atom. The van der Waals surface area contributed by atoms with Crippen LogP contribution >= 0.6 is 12.2 Å². The van der Waals surface area contributed by atoms with Crippen LogP contribution < -0.4 is 30.4 Å². The fourth-order valence-corrected chi connectivity index (χ4v) is 6.31. The molecule has 0 bridgehead atoms. The number of aromatic nitrogens is 3. The molecule has 210 valence electrons. The largest absolute Gasteiger partial charge is 0.497 e. The third-order valence-electron chi connectivity index (χ3n) is 7.03. The van der Waals surface area contributed by atoms with E-state index in [0.717, 1.165) is 27.9 Å². The first-order chi connectivity index (χ1) is 19.8. The number of nitrogens with zero attached hydrogens (tertiary/aromatic N) is 3. The van der Waals surface area contributed by atoms with Gasteiger partial charge in [-0.1, -0.05) is 23.2 Å². The van der Waals surface area contributed by atoms with Gasteiger partial charge in [-0.15, -0.1) is 0 Å². The van der Waals surface area contributed by atoms with E-state index in [1.54, 1.807) is 55.6 Å². The van der Waals surface area contributed by atoms with Gasteiger partial charge in [0.2, 0.25) is 11.5 Å². The van der Waals surface area contributed by atoms with E-state index >= 15 is 0 Å². The van der Waals surface area contributed by atoms with E-state index in [1.807, 2.05) is 24.3 Å². The molecule has 5 aromatic rings. The number of anilines is 4. The predicted octanol–water partition coefficient (Wildman–Crippen LogP) is 3.44. The molecule has 1 aliphatic heterocycles. The van der Waals surface area contributed by atoms with Gasteiger partial charge in [0.15, 0.2) is 5.11 Å². The van der Waals surface area contributed by atoms with Crippen molar-refractivity contribution in [1.82, 2.24) is 14.9 Å². The number of methoxy groups -OCH3 is 1. The number of benzene rings is 3. The normalized spacial score (nSPS) is 13.9. The number of nitrogen functional groups attached to an aromatic ring is 1. The highest BCUT2D eigenvalue weighted by Gasteiger charge is 2.27. The van der Waals surface area contributed by atoms with Crippen molar-refractivity contribution in [3.8, 4) is 5.75 Å². The van der Waals surface area contributed by atoms with Gasteiger partial charge in [0.1, 0.15) is 11.1 Å². The van der Waals surface area contributed by atoms with Crippen LogP contribution in [0.4, 0.5) is 23.1 Å². The number of para-hydroxylation sites is 1. The minimum absolute atomic E-state index is 0.168. The number of hydrogen-bond donors (Lipinski definition) is 4. The molecule has 41 heavy (non-hydrogen) atoms. The lowest BCUT2D eigenvalue weighted by atomic mass is 10.2. The van der Waals surface area contributed by atoms with E-state index in [9.17, 15) is 8.42 Å². The lowest BCUT2D eigenvalue weighted by molar-refractivity contribution is -0.348. The highest BCUT2D eigenvalue weighted by atomic mass is 32.2. The number of ether oxygens (including phenoxy) is 1. The van der Waals surface area contributed by atoms with E-state index in [-0.39, 0.29) is 4.90 Å². The number of H-pyrrole nitrogens is 2. The average Bonchev–Trinajstić information content (AvgIpc) is 3.34. The minimum Gasteiger partial charge on any atom is -0.497 e. The molecule has 0 atom stereocenters. The number of sulfonamides is 1. The zero-order valence-corrected chi connectivity index (χ0v) is 23.8. The first kappa shape index (κ1) is 26.6. The lowest BCUT2D eigenvalue weighted by Crippen LogP contribution is -2.51. The highest BCUT2D eigenvalue weighted by Crippen LogP contribution is 2.32. The van der Waals surface area contributed by atoms with Crippen LogP contribution in [0, 0.1) is 0 Å². The van der Waals surface area contributed by atoms with Gasteiger partial charge in [-0.05, 0) is 60.7 Å². The molecule has 6 N–H and O–H groups in total. The van der Waals surface area contributed by atoms with Crippen LogP contribution in [-0.2, 0) is 10.0 Å². The van der Waals surface area contributed by atoms with Crippen molar-refractivity contribution in [1.29, 1.82) is 0 Å². The van der Waals surface area contributed by atoms with Crippen LogP contribution in [0.25, 0.3) is 21.9 Å². The van der Waals surface area contributed by atoms with Crippen LogP contribution in [-0.4, -0.2) is 61.7 Å². The Labute approximate surface area is 242 Å². The summed E-state index contributed by atoms with van der Waals surface area (Å²) in [6, 6.07) is 21.2. The van der Waals surface area contributed by atoms with Gasteiger partial charge in [-0.3, -0.25) is 4.72 Å². The standard InChI is InChI=1S/C28H28N8O3S2/c1-39-20-9-12-22-23(17-20)31-25-24(22)26(33-27(29)32-25)35-13-15-36(16-14-35)28(40)30-18-7-10-21(11-8-18)41(37,38)34-19-5-3-2-4-6-19/h2-12,17,34H,13-16H2,1H3,(H,30,40)(H3,29,31,32,33)/p+1. The minimum atomic E-state index is -3.69. The average molecular weight is 590 g/mol. The van der Waals surface area contributed by atoms with Crippen molar-refractivity contribution < 1.29 is 18.1 Å². The molecular formula is C28H29N8O3S2+. The van der Waals surface area contributed by atoms with Crippen molar-refractivity contribution in [2.45, 2.75) is 4.90 Å². The molecule has 1 fully saturated rings. The van der Waals surface area contributed by atoms with Crippen molar-refractivity contribution in [3.63, 3.8) is 0 Å². The number of piperazine rings is 1. The molecule has 3 heterocycles. The molecule has 0 spiro atoms. The Morgan fingerprint density at radius 2 is 1.76 bits per heavy atom. The summed E-state index contributed by atoms with van der Waals surface area (Å²) in [7, 11) is -2.05. The van der Waals surface area contributed by atoms with Gasteiger partial charge in [-0.25, -0.2) is 13.4 Å². The summed E-state index contributed by atoms with van der Waals surface area (Å²) < 4.78 is 33.4. The third-order valence-corrected chi connectivity index (χ3v) is 8.78. The van der Waals surface area contributed by atoms with Crippen molar-refractivity contribution in [2.24, 2.45) is 0 Å². The molecule has 0 radical (unpaired) electrons. The van der Waals surface area contributed by atoms with Gasteiger partial charge in [0.25, 0.3) is 10.0 Å². The maximum absolute atomic E-state index is 12.7. The van der Waals surface area contributed by atoms with Crippen LogP contribution in [0.1, 0.15) is 0 Å².